The molecule has 0 spiro atoms. The van der Waals surface area contributed by atoms with Crippen molar-refractivity contribution in [2.45, 2.75) is 52.7 Å². The summed E-state index contributed by atoms with van der Waals surface area (Å²) in [5.41, 5.74) is 8.24. The summed E-state index contributed by atoms with van der Waals surface area (Å²) in [6.45, 7) is 7.37. The second-order valence-electron chi connectivity index (χ2n) is 9.17. The predicted molar refractivity (Wildman–Crippen MR) is 115 cm³/mol. The molecular weight excluding hydrogens is 386 g/mol. The monoisotopic (exact) mass is 418 g/mol. The van der Waals surface area contributed by atoms with Gasteiger partial charge in [0, 0.05) is 25.6 Å². The average Bonchev–Trinajstić information content (AvgIpc) is 2.58. The molecule has 0 radical (unpaired) electrons. The number of nitrogens with one attached hydrogen (secondary N) is 1. The molecule has 2 aromatic rings. The Morgan fingerprint density at radius 1 is 1.07 bits per heavy atom. The van der Waals surface area contributed by atoms with Crippen LogP contribution in [0.2, 0.25) is 0 Å². The molecule has 6 heteroatoms. The fourth-order valence-corrected chi connectivity index (χ4v) is 3.63. The summed E-state index contributed by atoms with van der Waals surface area (Å²) in [7, 11) is 0. The van der Waals surface area contributed by atoms with Gasteiger partial charge in [-0.1, -0.05) is 45.0 Å². The lowest BCUT2D eigenvalue weighted by molar-refractivity contribution is -0.119. The van der Waals surface area contributed by atoms with Gasteiger partial charge in [-0.05, 0) is 53.0 Å². The number of hydrogen-bond acceptors (Lipinski definition) is 3. The van der Waals surface area contributed by atoms with Crippen LogP contribution in [0.15, 0.2) is 42.5 Å². The van der Waals surface area contributed by atoms with Gasteiger partial charge in [0.1, 0.15) is 11.6 Å². The molecule has 2 aromatic carbocycles. The Morgan fingerprint density at radius 3 is 2.30 bits per heavy atom. The van der Waals surface area contributed by atoms with Crippen molar-refractivity contribution in [3.63, 3.8) is 0 Å². The fraction of sp³-hybridized carbons (Fsp3) is 0.458. The van der Waals surface area contributed by atoms with Crippen LogP contribution >= 0.6 is 0 Å². The van der Waals surface area contributed by atoms with Gasteiger partial charge in [0.2, 0.25) is 5.91 Å². The van der Waals surface area contributed by atoms with Crippen LogP contribution in [0.25, 0.3) is 0 Å². The van der Waals surface area contributed by atoms with E-state index in [2.05, 4.69) is 38.2 Å². The van der Waals surface area contributed by atoms with Crippen LogP contribution in [0, 0.1) is 23.0 Å². The number of aliphatic hydroxyl groups excluding tert-OH is 1. The van der Waals surface area contributed by atoms with E-state index in [1.165, 1.54) is 17.7 Å². The Balaban J connectivity index is 1.96. The molecule has 0 aliphatic heterocycles. The van der Waals surface area contributed by atoms with E-state index in [4.69, 9.17) is 5.73 Å². The van der Waals surface area contributed by atoms with Gasteiger partial charge in [0.05, 0.1) is 6.10 Å². The molecule has 30 heavy (non-hydrogen) atoms. The van der Waals surface area contributed by atoms with E-state index in [1.807, 2.05) is 12.1 Å². The van der Waals surface area contributed by atoms with Gasteiger partial charge >= 0.3 is 0 Å². The summed E-state index contributed by atoms with van der Waals surface area (Å²) < 4.78 is 26.9. The highest BCUT2D eigenvalue weighted by Crippen LogP contribution is 2.21. The number of benzene rings is 2. The molecule has 4 nitrogen and oxygen atoms in total. The van der Waals surface area contributed by atoms with E-state index in [-0.39, 0.29) is 24.8 Å². The lowest BCUT2D eigenvalue weighted by atomic mass is 9.87. The van der Waals surface area contributed by atoms with E-state index < -0.39 is 29.6 Å². The predicted octanol–water partition coefficient (Wildman–Crippen LogP) is 3.74. The Labute approximate surface area is 177 Å². The molecule has 0 aliphatic rings. The third-order valence-electron chi connectivity index (χ3n) is 4.84. The number of halogens is 2. The van der Waals surface area contributed by atoms with E-state index in [0.717, 1.165) is 18.1 Å². The molecule has 0 aromatic heterocycles. The van der Waals surface area contributed by atoms with Gasteiger partial charge in [-0.2, -0.15) is 0 Å². The Kier molecular flexibility index (Phi) is 8.50. The van der Waals surface area contributed by atoms with Gasteiger partial charge in [-0.3, -0.25) is 4.79 Å². The molecule has 2 unspecified atom stereocenters. The lowest BCUT2D eigenvalue weighted by Crippen LogP contribution is -2.36. The zero-order chi connectivity index (χ0) is 22.3. The molecule has 0 saturated carbocycles. The van der Waals surface area contributed by atoms with E-state index in [0.29, 0.717) is 12.1 Å². The van der Waals surface area contributed by atoms with Crippen LogP contribution in [0.1, 0.15) is 43.9 Å². The summed E-state index contributed by atoms with van der Waals surface area (Å²) >= 11 is 0. The first-order chi connectivity index (χ1) is 14.0. The van der Waals surface area contributed by atoms with E-state index >= 15 is 0 Å². The highest BCUT2D eigenvalue weighted by Gasteiger charge is 2.22. The largest absolute Gasteiger partial charge is 0.391 e. The summed E-state index contributed by atoms with van der Waals surface area (Å²) in [4.78, 5) is 11.4. The third-order valence-corrected chi connectivity index (χ3v) is 4.84. The number of primary amides is 1. The van der Waals surface area contributed by atoms with Gasteiger partial charge < -0.3 is 16.2 Å². The number of nitrogens with two attached hydrogens (primary N) is 1. The maximum absolute atomic E-state index is 13.5. The number of carbonyl (C=O) groups excluding carboxylic acids is 1. The van der Waals surface area contributed by atoms with Crippen molar-refractivity contribution in [3.8, 4) is 0 Å². The molecule has 0 heterocycles. The second-order valence-corrected chi connectivity index (χ2v) is 9.17. The first kappa shape index (κ1) is 24.0. The number of hydrogen-bond donors (Lipinski definition) is 3. The molecule has 0 fully saturated rings. The number of aliphatic hydroxyl groups is 1. The highest BCUT2D eigenvalue weighted by molar-refractivity contribution is 5.74. The Bertz CT molecular complexity index is 829. The molecule has 0 aliphatic carbocycles. The van der Waals surface area contributed by atoms with Gasteiger partial charge in [0.25, 0.3) is 0 Å². The van der Waals surface area contributed by atoms with Crippen molar-refractivity contribution in [2.24, 2.45) is 17.1 Å². The molecule has 164 valence electrons. The SMILES string of the molecule is CC(C)(C)Cc1cccc(CNCC(O)C(CC(N)=O)Cc2cc(F)cc(F)c2)c1. The van der Waals surface area contributed by atoms with Crippen molar-refractivity contribution in [2.75, 3.05) is 6.54 Å². The number of carbonyl (C=O) groups is 1. The van der Waals surface area contributed by atoms with Crippen LogP contribution in [-0.4, -0.2) is 23.7 Å². The molecule has 2 atom stereocenters. The molecule has 4 N–H and O–H groups in total. The molecule has 0 saturated heterocycles. The minimum Gasteiger partial charge on any atom is -0.391 e. The van der Waals surface area contributed by atoms with Crippen LogP contribution in [0.3, 0.4) is 0 Å². The summed E-state index contributed by atoms with van der Waals surface area (Å²) in [5, 5.41) is 13.8. The van der Waals surface area contributed by atoms with Crippen LogP contribution in [-0.2, 0) is 24.2 Å². The maximum Gasteiger partial charge on any atom is 0.217 e. The van der Waals surface area contributed by atoms with Crippen molar-refractivity contribution in [1.29, 1.82) is 0 Å². The summed E-state index contributed by atoms with van der Waals surface area (Å²) in [6.07, 6.45) is 0.166. The van der Waals surface area contributed by atoms with Gasteiger partial charge in [-0.15, -0.1) is 0 Å². The van der Waals surface area contributed by atoms with Gasteiger partial charge in [-0.25, -0.2) is 8.78 Å². The zero-order valence-electron chi connectivity index (χ0n) is 17.9. The lowest BCUT2D eigenvalue weighted by Gasteiger charge is -2.23. The summed E-state index contributed by atoms with van der Waals surface area (Å²) in [5.74, 6) is -2.48. The first-order valence-corrected chi connectivity index (χ1v) is 10.2. The van der Waals surface area contributed by atoms with Crippen molar-refractivity contribution in [1.82, 2.24) is 5.32 Å². The molecule has 1 amide bonds. The molecule has 2 rings (SSSR count). The van der Waals surface area contributed by atoms with Crippen molar-refractivity contribution >= 4 is 5.91 Å². The highest BCUT2D eigenvalue weighted by atomic mass is 19.1. The standard InChI is InChI=1S/C24H32F2N2O2/c1-24(2,3)13-16-5-4-6-17(7-16)14-28-15-22(29)19(11-23(27)30)8-18-9-20(25)12-21(26)10-18/h4-7,9-10,12,19,22,28-29H,8,11,13-15H2,1-3H3,(H2,27,30). The first-order valence-electron chi connectivity index (χ1n) is 10.2. The van der Waals surface area contributed by atoms with E-state index in [1.54, 1.807) is 0 Å². The smallest absolute Gasteiger partial charge is 0.217 e. The van der Waals surface area contributed by atoms with Crippen LogP contribution in [0.4, 0.5) is 8.78 Å². The molecular formula is C24H32F2N2O2. The van der Waals surface area contributed by atoms with Crippen molar-refractivity contribution < 1.29 is 18.7 Å². The fourth-order valence-electron chi connectivity index (χ4n) is 3.63. The normalized spacial score (nSPS) is 13.8. The zero-order valence-corrected chi connectivity index (χ0v) is 17.9. The van der Waals surface area contributed by atoms with Crippen LogP contribution in [0.5, 0.6) is 0 Å². The average molecular weight is 419 g/mol. The minimum atomic E-state index is -0.887. The minimum absolute atomic E-state index is 0.0674. The topological polar surface area (TPSA) is 75.3 Å². The van der Waals surface area contributed by atoms with E-state index in [9.17, 15) is 18.7 Å². The second kappa shape index (κ2) is 10.6. The number of amides is 1. The summed E-state index contributed by atoms with van der Waals surface area (Å²) in [6, 6.07) is 11.5. The maximum atomic E-state index is 13.5. The Morgan fingerprint density at radius 2 is 1.70 bits per heavy atom. The van der Waals surface area contributed by atoms with Crippen LogP contribution < -0.4 is 11.1 Å². The van der Waals surface area contributed by atoms with Crippen molar-refractivity contribution in [3.05, 3.63) is 70.8 Å². The van der Waals surface area contributed by atoms with Gasteiger partial charge in [0.15, 0.2) is 0 Å². The Hall–Kier alpha value is -2.31. The quantitative estimate of drug-likeness (QED) is 0.550. The number of rotatable bonds is 10. The third kappa shape index (κ3) is 8.59. The molecule has 0 bridgehead atoms.